The average Bonchev–Trinajstić information content (AvgIpc) is 2.57. The molecule has 3 rings (SSSR count). The quantitative estimate of drug-likeness (QED) is 0.778. The summed E-state index contributed by atoms with van der Waals surface area (Å²) in [4.78, 5) is 12.1. The number of fused-ring (bicyclic) bond motifs is 1. The summed E-state index contributed by atoms with van der Waals surface area (Å²) in [5, 5.41) is 0. The molecule has 2 heterocycles. The lowest BCUT2D eigenvalue weighted by Crippen LogP contribution is -2.10. The molecule has 0 amide bonds. The second-order valence-corrected chi connectivity index (χ2v) is 4.12. The maximum Gasteiger partial charge on any atom is 0.178 e. The van der Waals surface area contributed by atoms with Crippen LogP contribution in [0.2, 0.25) is 0 Å². The summed E-state index contributed by atoms with van der Waals surface area (Å²) in [5.74, 6) is 1.70. The minimum atomic E-state index is 0.533. The van der Waals surface area contributed by atoms with Crippen molar-refractivity contribution in [3.05, 3.63) is 23.7 Å². The van der Waals surface area contributed by atoms with E-state index in [-0.39, 0.29) is 0 Å². The molecule has 1 aliphatic rings. The van der Waals surface area contributed by atoms with E-state index in [9.17, 15) is 0 Å². The molecule has 0 bridgehead atoms. The van der Waals surface area contributed by atoms with Crippen LogP contribution in [-0.2, 0) is 6.54 Å². The van der Waals surface area contributed by atoms with Crippen molar-refractivity contribution in [3.63, 3.8) is 0 Å². The van der Waals surface area contributed by atoms with E-state index in [0.29, 0.717) is 12.5 Å². The first-order valence-electron chi connectivity index (χ1n) is 5.42. The van der Waals surface area contributed by atoms with Crippen molar-refractivity contribution >= 4 is 11.2 Å². The predicted octanol–water partition coefficient (Wildman–Crippen LogP) is 1.68. The van der Waals surface area contributed by atoms with Gasteiger partial charge in [-0.3, -0.25) is 0 Å². The molecular weight excluding hydrogens is 188 g/mol. The normalized spacial score (nSPS) is 16.9. The fourth-order valence-corrected chi connectivity index (χ4v) is 2.03. The first-order valence-corrected chi connectivity index (χ1v) is 5.42. The molecule has 0 aliphatic heterocycles. The van der Waals surface area contributed by atoms with Crippen LogP contribution < -0.4 is 5.73 Å². The minimum absolute atomic E-state index is 0.533. The third-order valence-electron chi connectivity index (χ3n) is 3.21. The molecule has 4 heteroatoms. The largest absolute Gasteiger partial charge is 0.340 e. The van der Waals surface area contributed by atoms with Crippen molar-refractivity contribution in [2.75, 3.05) is 0 Å². The lowest BCUT2D eigenvalue weighted by Gasteiger charge is -2.22. The van der Waals surface area contributed by atoms with Gasteiger partial charge in [0.05, 0.1) is 5.52 Å². The SMILES string of the molecule is NCc1ccnc2nc(C3CCC3)[nH]c12. The van der Waals surface area contributed by atoms with Gasteiger partial charge in [-0.25, -0.2) is 9.97 Å². The fourth-order valence-electron chi connectivity index (χ4n) is 2.03. The highest BCUT2D eigenvalue weighted by Crippen LogP contribution is 2.35. The topological polar surface area (TPSA) is 67.6 Å². The van der Waals surface area contributed by atoms with Crippen LogP contribution in [0.4, 0.5) is 0 Å². The number of nitrogens with zero attached hydrogens (tertiary/aromatic N) is 2. The molecule has 1 aliphatic carbocycles. The molecule has 15 heavy (non-hydrogen) atoms. The van der Waals surface area contributed by atoms with Gasteiger partial charge in [0.25, 0.3) is 0 Å². The number of hydrogen-bond acceptors (Lipinski definition) is 3. The monoisotopic (exact) mass is 202 g/mol. The predicted molar refractivity (Wildman–Crippen MR) is 58.4 cm³/mol. The van der Waals surface area contributed by atoms with Gasteiger partial charge in [-0.2, -0.15) is 0 Å². The van der Waals surface area contributed by atoms with Crippen LogP contribution in [0, 0.1) is 0 Å². The van der Waals surface area contributed by atoms with E-state index < -0.39 is 0 Å². The number of imidazole rings is 1. The molecule has 0 unspecified atom stereocenters. The summed E-state index contributed by atoms with van der Waals surface area (Å²) >= 11 is 0. The summed E-state index contributed by atoms with van der Waals surface area (Å²) in [7, 11) is 0. The maximum absolute atomic E-state index is 5.67. The second kappa shape index (κ2) is 3.31. The van der Waals surface area contributed by atoms with E-state index in [4.69, 9.17) is 5.73 Å². The molecule has 2 aromatic rings. The maximum atomic E-state index is 5.67. The van der Waals surface area contributed by atoms with Gasteiger partial charge in [0.15, 0.2) is 5.65 Å². The third kappa shape index (κ3) is 1.33. The van der Waals surface area contributed by atoms with Gasteiger partial charge in [0.2, 0.25) is 0 Å². The third-order valence-corrected chi connectivity index (χ3v) is 3.21. The van der Waals surface area contributed by atoms with Crippen molar-refractivity contribution in [1.29, 1.82) is 0 Å². The molecule has 4 nitrogen and oxygen atoms in total. The lowest BCUT2D eigenvalue weighted by molar-refractivity contribution is 0.404. The van der Waals surface area contributed by atoms with E-state index in [2.05, 4.69) is 15.0 Å². The van der Waals surface area contributed by atoms with Gasteiger partial charge in [-0.1, -0.05) is 6.42 Å². The number of nitrogens with two attached hydrogens (primary N) is 1. The first-order chi connectivity index (χ1) is 7.38. The van der Waals surface area contributed by atoms with Crippen molar-refractivity contribution in [2.45, 2.75) is 31.7 Å². The summed E-state index contributed by atoms with van der Waals surface area (Å²) in [6.07, 6.45) is 5.59. The molecule has 0 saturated heterocycles. The number of nitrogens with one attached hydrogen (secondary N) is 1. The van der Waals surface area contributed by atoms with Crippen LogP contribution in [0.15, 0.2) is 12.3 Å². The van der Waals surface area contributed by atoms with E-state index in [1.165, 1.54) is 19.3 Å². The molecule has 0 radical (unpaired) electrons. The zero-order chi connectivity index (χ0) is 10.3. The van der Waals surface area contributed by atoms with Crippen LogP contribution in [0.5, 0.6) is 0 Å². The Morgan fingerprint density at radius 1 is 1.47 bits per heavy atom. The van der Waals surface area contributed by atoms with Crippen LogP contribution in [-0.4, -0.2) is 15.0 Å². The van der Waals surface area contributed by atoms with Gasteiger partial charge in [-0.15, -0.1) is 0 Å². The van der Waals surface area contributed by atoms with Crippen molar-refractivity contribution in [1.82, 2.24) is 15.0 Å². The van der Waals surface area contributed by atoms with Gasteiger partial charge in [-0.05, 0) is 24.5 Å². The highest BCUT2D eigenvalue weighted by Gasteiger charge is 2.23. The van der Waals surface area contributed by atoms with E-state index in [1.54, 1.807) is 6.20 Å². The molecule has 0 aromatic carbocycles. The van der Waals surface area contributed by atoms with E-state index in [0.717, 1.165) is 22.6 Å². The lowest BCUT2D eigenvalue weighted by atomic mass is 9.85. The molecule has 3 N–H and O–H groups in total. The van der Waals surface area contributed by atoms with Crippen LogP contribution in [0.3, 0.4) is 0 Å². The van der Waals surface area contributed by atoms with Crippen molar-refractivity contribution < 1.29 is 0 Å². The summed E-state index contributed by atoms with van der Waals surface area (Å²) in [5.41, 5.74) is 8.59. The number of rotatable bonds is 2. The molecular formula is C11H14N4. The molecule has 1 fully saturated rings. The van der Waals surface area contributed by atoms with Crippen LogP contribution in [0.25, 0.3) is 11.2 Å². The van der Waals surface area contributed by atoms with E-state index >= 15 is 0 Å². The number of aromatic nitrogens is 3. The number of H-pyrrole nitrogens is 1. The molecule has 2 aromatic heterocycles. The molecule has 1 saturated carbocycles. The Balaban J connectivity index is 2.12. The smallest absolute Gasteiger partial charge is 0.178 e. The Morgan fingerprint density at radius 3 is 3.00 bits per heavy atom. The Bertz CT molecular complexity index is 484. The second-order valence-electron chi connectivity index (χ2n) is 4.12. The summed E-state index contributed by atoms with van der Waals surface area (Å²) in [6.45, 7) is 0.533. The molecule has 0 atom stereocenters. The van der Waals surface area contributed by atoms with Crippen molar-refractivity contribution in [3.8, 4) is 0 Å². The zero-order valence-electron chi connectivity index (χ0n) is 8.53. The van der Waals surface area contributed by atoms with E-state index in [1.807, 2.05) is 6.07 Å². The van der Waals surface area contributed by atoms with Gasteiger partial charge in [0.1, 0.15) is 5.82 Å². The Labute approximate surface area is 87.9 Å². The molecule has 78 valence electrons. The Hall–Kier alpha value is -1.42. The minimum Gasteiger partial charge on any atom is -0.340 e. The zero-order valence-corrected chi connectivity index (χ0v) is 8.53. The Morgan fingerprint density at radius 2 is 2.33 bits per heavy atom. The summed E-state index contributed by atoms with van der Waals surface area (Å²) < 4.78 is 0. The highest BCUT2D eigenvalue weighted by molar-refractivity contribution is 5.74. The van der Waals surface area contributed by atoms with Gasteiger partial charge in [0, 0.05) is 18.7 Å². The Kier molecular flexibility index (Phi) is 1.95. The summed E-state index contributed by atoms with van der Waals surface area (Å²) in [6, 6.07) is 1.95. The highest BCUT2D eigenvalue weighted by atomic mass is 15.0. The van der Waals surface area contributed by atoms with Crippen LogP contribution >= 0.6 is 0 Å². The fraction of sp³-hybridized carbons (Fsp3) is 0.455. The van der Waals surface area contributed by atoms with Crippen LogP contribution in [0.1, 0.15) is 36.6 Å². The van der Waals surface area contributed by atoms with Crippen molar-refractivity contribution in [2.24, 2.45) is 5.73 Å². The van der Waals surface area contributed by atoms with Gasteiger partial charge >= 0.3 is 0 Å². The molecule has 0 spiro atoms. The number of hydrogen-bond donors (Lipinski definition) is 2. The number of aromatic amines is 1. The standard InChI is InChI=1S/C11H14N4/c12-6-8-4-5-13-11-9(8)14-10(15-11)7-2-1-3-7/h4-5,7H,1-3,6,12H2,(H,13,14,15). The first kappa shape index (κ1) is 8.85. The average molecular weight is 202 g/mol. The number of pyridine rings is 1. The van der Waals surface area contributed by atoms with Gasteiger partial charge < -0.3 is 10.7 Å².